The van der Waals surface area contributed by atoms with E-state index in [1.54, 1.807) is 18.9 Å². The molecule has 0 bridgehead atoms. The Morgan fingerprint density at radius 3 is 2.25 bits per heavy atom. The summed E-state index contributed by atoms with van der Waals surface area (Å²) < 4.78 is 0. The molecule has 92 valence electrons. The minimum atomic E-state index is -0.323. The summed E-state index contributed by atoms with van der Waals surface area (Å²) in [5.74, 6) is 0.0330. The number of amides is 2. The SMILES string of the molecule is CC(C(=N)N)N(C)C(=O)N1CCCCCC1. The number of amidine groups is 1. The molecule has 0 radical (unpaired) electrons. The van der Waals surface area contributed by atoms with Crippen LogP contribution in [0.5, 0.6) is 0 Å². The summed E-state index contributed by atoms with van der Waals surface area (Å²) in [7, 11) is 1.71. The number of nitrogens with two attached hydrogens (primary N) is 1. The topological polar surface area (TPSA) is 73.4 Å². The fraction of sp³-hybridized carbons (Fsp3) is 0.818. The number of carbonyl (C=O) groups excluding carboxylic acids is 1. The van der Waals surface area contributed by atoms with Gasteiger partial charge in [0.25, 0.3) is 0 Å². The van der Waals surface area contributed by atoms with Crippen LogP contribution in [-0.4, -0.2) is 47.8 Å². The molecule has 0 aromatic carbocycles. The second-order valence-corrected chi connectivity index (χ2v) is 4.43. The van der Waals surface area contributed by atoms with E-state index in [2.05, 4.69) is 0 Å². The van der Waals surface area contributed by atoms with Gasteiger partial charge < -0.3 is 15.5 Å². The Morgan fingerprint density at radius 1 is 1.31 bits per heavy atom. The molecule has 0 saturated carbocycles. The molecular weight excluding hydrogens is 204 g/mol. The average molecular weight is 226 g/mol. The van der Waals surface area contributed by atoms with E-state index >= 15 is 0 Å². The maximum Gasteiger partial charge on any atom is 0.320 e. The van der Waals surface area contributed by atoms with Gasteiger partial charge in [-0.15, -0.1) is 0 Å². The molecule has 5 nitrogen and oxygen atoms in total. The molecule has 1 heterocycles. The van der Waals surface area contributed by atoms with E-state index in [0.29, 0.717) is 0 Å². The van der Waals surface area contributed by atoms with Crippen LogP contribution in [0.15, 0.2) is 0 Å². The van der Waals surface area contributed by atoms with Gasteiger partial charge in [0.15, 0.2) is 0 Å². The highest BCUT2D eigenvalue weighted by Crippen LogP contribution is 2.12. The average Bonchev–Trinajstić information content (AvgIpc) is 2.54. The van der Waals surface area contributed by atoms with Crippen LogP contribution in [-0.2, 0) is 0 Å². The summed E-state index contributed by atoms with van der Waals surface area (Å²) >= 11 is 0. The van der Waals surface area contributed by atoms with E-state index < -0.39 is 0 Å². The van der Waals surface area contributed by atoms with Gasteiger partial charge in [-0.05, 0) is 19.8 Å². The predicted molar refractivity (Wildman–Crippen MR) is 64.6 cm³/mol. The molecule has 0 aromatic heterocycles. The van der Waals surface area contributed by atoms with Crippen molar-refractivity contribution in [2.75, 3.05) is 20.1 Å². The molecule has 1 aliphatic heterocycles. The minimum Gasteiger partial charge on any atom is -0.386 e. The first kappa shape index (κ1) is 12.8. The van der Waals surface area contributed by atoms with Crippen molar-refractivity contribution in [3.05, 3.63) is 0 Å². The van der Waals surface area contributed by atoms with E-state index in [1.807, 2.05) is 4.90 Å². The zero-order valence-electron chi connectivity index (χ0n) is 10.2. The molecule has 0 aromatic rings. The first-order valence-electron chi connectivity index (χ1n) is 5.89. The van der Waals surface area contributed by atoms with Crippen LogP contribution >= 0.6 is 0 Å². The van der Waals surface area contributed by atoms with E-state index in [1.165, 1.54) is 12.8 Å². The standard InChI is InChI=1S/C11H22N4O/c1-9(10(12)13)14(2)11(16)15-7-5-3-4-6-8-15/h9H,3-8H2,1-2H3,(H3,12,13). The van der Waals surface area contributed by atoms with Crippen molar-refractivity contribution in [3.8, 4) is 0 Å². The monoisotopic (exact) mass is 226 g/mol. The van der Waals surface area contributed by atoms with Gasteiger partial charge >= 0.3 is 6.03 Å². The molecule has 1 saturated heterocycles. The van der Waals surface area contributed by atoms with Crippen LogP contribution < -0.4 is 5.73 Å². The van der Waals surface area contributed by atoms with Crippen LogP contribution in [0.3, 0.4) is 0 Å². The second-order valence-electron chi connectivity index (χ2n) is 4.43. The fourth-order valence-corrected chi connectivity index (χ4v) is 1.86. The number of likely N-dealkylation sites (tertiary alicyclic amines) is 1. The quantitative estimate of drug-likeness (QED) is 0.549. The lowest BCUT2D eigenvalue weighted by molar-refractivity contribution is 0.160. The van der Waals surface area contributed by atoms with Crippen LogP contribution in [0.2, 0.25) is 0 Å². The molecule has 3 N–H and O–H groups in total. The van der Waals surface area contributed by atoms with Gasteiger partial charge in [-0.1, -0.05) is 12.8 Å². The third-order valence-corrected chi connectivity index (χ3v) is 3.21. The van der Waals surface area contributed by atoms with Crippen molar-refractivity contribution in [2.45, 2.75) is 38.6 Å². The number of carbonyl (C=O) groups is 1. The van der Waals surface area contributed by atoms with Crippen molar-refractivity contribution in [1.29, 1.82) is 5.41 Å². The normalized spacial score (nSPS) is 18.8. The van der Waals surface area contributed by atoms with Crippen molar-refractivity contribution in [2.24, 2.45) is 5.73 Å². The van der Waals surface area contributed by atoms with Crippen LogP contribution in [0.4, 0.5) is 4.79 Å². The Morgan fingerprint density at radius 2 is 1.81 bits per heavy atom. The molecule has 2 amide bonds. The lowest BCUT2D eigenvalue weighted by atomic mass is 10.2. The summed E-state index contributed by atoms with van der Waals surface area (Å²) in [6.07, 6.45) is 4.56. The number of rotatable bonds is 2. The zero-order chi connectivity index (χ0) is 12.1. The Balaban J connectivity index is 2.57. The number of hydrogen-bond acceptors (Lipinski definition) is 2. The lowest BCUT2D eigenvalue weighted by Gasteiger charge is -2.30. The highest BCUT2D eigenvalue weighted by atomic mass is 16.2. The second kappa shape index (κ2) is 5.72. The first-order chi connectivity index (χ1) is 7.54. The molecule has 1 atom stereocenters. The van der Waals surface area contributed by atoms with Crippen LogP contribution in [0, 0.1) is 5.41 Å². The molecule has 1 rings (SSSR count). The Kier molecular flexibility index (Phi) is 4.58. The van der Waals surface area contributed by atoms with E-state index in [-0.39, 0.29) is 17.9 Å². The van der Waals surface area contributed by atoms with Crippen molar-refractivity contribution in [3.63, 3.8) is 0 Å². The highest BCUT2D eigenvalue weighted by molar-refractivity contribution is 5.87. The van der Waals surface area contributed by atoms with Gasteiger partial charge in [0.2, 0.25) is 0 Å². The molecule has 0 aliphatic carbocycles. The number of hydrogen-bond donors (Lipinski definition) is 2. The highest BCUT2D eigenvalue weighted by Gasteiger charge is 2.23. The Bertz CT molecular complexity index is 259. The van der Waals surface area contributed by atoms with Gasteiger partial charge in [-0.3, -0.25) is 5.41 Å². The summed E-state index contributed by atoms with van der Waals surface area (Å²) in [6, 6.07) is -0.333. The third-order valence-electron chi connectivity index (χ3n) is 3.21. The number of likely N-dealkylation sites (N-methyl/N-ethyl adjacent to an activating group) is 1. The Hall–Kier alpha value is -1.26. The molecule has 1 unspecified atom stereocenters. The van der Waals surface area contributed by atoms with Crippen LogP contribution in [0.1, 0.15) is 32.6 Å². The van der Waals surface area contributed by atoms with E-state index in [9.17, 15) is 4.79 Å². The van der Waals surface area contributed by atoms with Crippen molar-refractivity contribution in [1.82, 2.24) is 9.80 Å². The van der Waals surface area contributed by atoms with Gasteiger partial charge in [0.05, 0.1) is 6.04 Å². The summed E-state index contributed by atoms with van der Waals surface area (Å²) in [4.78, 5) is 15.5. The minimum absolute atomic E-state index is 0.00963. The molecule has 1 fully saturated rings. The maximum absolute atomic E-state index is 12.1. The van der Waals surface area contributed by atoms with E-state index in [0.717, 1.165) is 25.9 Å². The fourth-order valence-electron chi connectivity index (χ4n) is 1.86. The maximum atomic E-state index is 12.1. The lowest BCUT2D eigenvalue weighted by Crippen LogP contribution is -2.49. The number of nitrogens with one attached hydrogen (secondary N) is 1. The summed E-state index contributed by atoms with van der Waals surface area (Å²) in [5.41, 5.74) is 5.41. The molecule has 5 heteroatoms. The first-order valence-corrected chi connectivity index (χ1v) is 5.89. The van der Waals surface area contributed by atoms with Gasteiger partial charge in [-0.25, -0.2) is 4.79 Å². The summed E-state index contributed by atoms with van der Waals surface area (Å²) in [6.45, 7) is 3.43. The van der Waals surface area contributed by atoms with Gasteiger partial charge in [-0.2, -0.15) is 0 Å². The molecule has 16 heavy (non-hydrogen) atoms. The molecule has 0 spiro atoms. The van der Waals surface area contributed by atoms with Crippen molar-refractivity contribution >= 4 is 11.9 Å². The van der Waals surface area contributed by atoms with E-state index in [4.69, 9.17) is 11.1 Å². The number of nitrogens with zero attached hydrogens (tertiary/aromatic N) is 2. The summed E-state index contributed by atoms with van der Waals surface area (Å²) in [5, 5.41) is 7.35. The third kappa shape index (κ3) is 3.12. The van der Waals surface area contributed by atoms with Gasteiger partial charge in [0, 0.05) is 20.1 Å². The smallest absolute Gasteiger partial charge is 0.320 e. The molecular formula is C11H22N4O. The Labute approximate surface area is 97.1 Å². The number of urea groups is 1. The molecule has 1 aliphatic rings. The van der Waals surface area contributed by atoms with Gasteiger partial charge in [0.1, 0.15) is 5.84 Å². The largest absolute Gasteiger partial charge is 0.386 e. The van der Waals surface area contributed by atoms with Crippen molar-refractivity contribution < 1.29 is 4.79 Å². The van der Waals surface area contributed by atoms with Crippen LogP contribution in [0.25, 0.3) is 0 Å². The predicted octanol–water partition coefficient (Wildman–Crippen LogP) is 1.24. The zero-order valence-corrected chi connectivity index (χ0v) is 10.2.